The Morgan fingerprint density at radius 1 is 1.62 bits per heavy atom. The van der Waals surface area contributed by atoms with Crippen molar-refractivity contribution in [1.82, 2.24) is 15.2 Å². The van der Waals surface area contributed by atoms with E-state index in [1.807, 2.05) is 11.9 Å². The molecule has 0 aliphatic carbocycles. The van der Waals surface area contributed by atoms with Crippen LogP contribution in [0.2, 0.25) is 0 Å². The third kappa shape index (κ3) is 2.61. The Morgan fingerprint density at radius 3 is 2.77 bits per heavy atom. The monoisotopic (exact) mass is 183 g/mol. The Morgan fingerprint density at radius 2 is 2.31 bits per heavy atom. The lowest BCUT2D eigenvalue weighted by Crippen LogP contribution is -2.24. The highest BCUT2D eigenvalue weighted by atomic mass is 15.4. The van der Waals surface area contributed by atoms with Gasteiger partial charge in [0.15, 0.2) is 0 Å². The zero-order valence-corrected chi connectivity index (χ0v) is 8.41. The first kappa shape index (κ1) is 9.83. The van der Waals surface area contributed by atoms with Gasteiger partial charge in [-0.05, 0) is 5.92 Å². The standard InChI is InChI=1S/C8H17N5/c1-4-6(2)5-13(3)8-10-7(9)11-12-8/h6H,4-5H2,1-3H3,(H3,9,10,11,12). The summed E-state index contributed by atoms with van der Waals surface area (Å²) in [5.41, 5.74) is 5.42. The number of nitrogens with two attached hydrogens (primary N) is 1. The molecule has 0 saturated heterocycles. The Kier molecular flexibility index (Phi) is 3.11. The third-order valence-corrected chi connectivity index (χ3v) is 2.11. The molecule has 1 aromatic rings. The lowest BCUT2D eigenvalue weighted by Gasteiger charge is -2.18. The van der Waals surface area contributed by atoms with Crippen LogP contribution in [0.4, 0.5) is 11.9 Å². The minimum atomic E-state index is 0.367. The Balaban J connectivity index is 2.53. The summed E-state index contributed by atoms with van der Waals surface area (Å²) in [7, 11) is 1.97. The first-order valence-corrected chi connectivity index (χ1v) is 4.52. The van der Waals surface area contributed by atoms with Crippen LogP contribution in [0.3, 0.4) is 0 Å². The normalized spacial score (nSPS) is 12.8. The molecule has 0 amide bonds. The predicted molar refractivity (Wildman–Crippen MR) is 53.5 cm³/mol. The highest BCUT2D eigenvalue weighted by molar-refractivity contribution is 5.32. The molecule has 0 aliphatic heterocycles. The largest absolute Gasteiger partial charge is 0.368 e. The van der Waals surface area contributed by atoms with Crippen LogP contribution >= 0.6 is 0 Å². The van der Waals surface area contributed by atoms with Crippen molar-refractivity contribution < 1.29 is 0 Å². The molecule has 0 bridgehead atoms. The van der Waals surface area contributed by atoms with E-state index < -0.39 is 0 Å². The number of hydrogen-bond donors (Lipinski definition) is 2. The highest BCUT2D eigenvalue weighted by Crippen LogP contribution is 2.09. The summed E-state index contributed by atoms with van der Waals surface area (Å²) >= 11 is 0. The second-order valence-corrected chi connectivity index (χ2v) is 3.41. The molecule has 0 fully saturated rings. The number of hydrogen-bond acceptors (Lipinski definition) is 4. The maximum atomic E-state index is 5.42. The summed E-state index contributed by atoms with van der Waals surface area (Å²) in [6, 6.07) is 0. The minimum absolute atomic E-state index is 0.367. The summed E-state index contributed by atoms with van der Waals surface area (Å²) in [4.78, 5) is 6.04. The molecule has 3 N–H and O–H groups in total. The van der Waals surface area contributed by atoms with Crippen LogP contribution in [0.25, 0.3) is 0 Å². The van der Waals surface area contributed by atoms with Crippen molar-refractivity contribution in [2.75, 3.05) is 24.2 Å². The van der Waals surface area contributed by atoms with Crippen LogP contribution in [0.1, 0.15) is 20.3 Å². The molecule has 5 nitrogen and oxygen atoms in total. The Hall–Kier alpha value is -1.26. The SMILES string of the molecule is CCC(C)CN(C)c1n[nH]c(N)n1. The van der Waals surface area contributed by atoms with Crippen molar-refractivity contribution in [3.8, 4) is 0 Å². The van der Waals surface area contributed by atoms with Crippen molar-refractivity contribution in [3.63, 3.8) is 0 Å². The maximum Gasteiger partial charge on any atom is 0.246 e. The maximum absolute atomic E-state index is 5.42. The van der Waals surface area contributed by atoms with Gasteiger partial charge in [-0.3, -0.25) is 0 Å². The number of nitrogens with one attached hydrogen (secondary N) is 1. The zero-order chi connectivity index (χ0) is 9.84. The van der Waals surface area contributed by atoms with Crippen molar-refractivity contribution in [2.24, 2.45) is 5.92 Å². The van der Waals surface area contributed by atoms with Crippen molar-refractivity contribution >= 4 is 11.9 Å². The molecular weight excluding hydrogens is 166 g/mol. The summed E-state index contributed by atoms with van der Waals surface area (Å²) in [6.45, 7) is 5.32. The van der Waals surface area contributed by atoms with E-state index >= 15 is 0 Å². The fourth-order valence-corrected chi connectivity index (χ4v) is 1.11. The number of H-pyrrole nitrogens is 1. The van der Waals surface area contributed by atoms with Gasteiger partial charge in [-0.15, -0.1) is 5.10 Å². The fraction of sp³-hybridized carbons (Fsp3) is 0.750. The van der Waals surface area contributed by atoms with E-state index in [9.17, 15) is 0 Å². The molecule has 1 heterocycles. The summed E-state index contributed by atoms with van der Waals surface area (Å²) in [5, 5.41) is 6.58. The minimum Gasteiger partial charge on any atom is -0.368 e. The van der Waals surface area contributed by atoms with E-state index in [-0.39, 0.29) is 0 Å². The average molecular weight is 183 g/mol. The first-order chi connectivity index (χ1) is 6.13. The Labute approximate surface area is 78.3 Å². The molecular formula is C8H17N5. The topological polar surface area (TPSA) is 70.8 Å². The third-order valence-electron chi connectivity index (χ3n) is 2.11. The molecule has 0 radical (unpaired) electrons. The highest BCUT2D eigenvalue weighted by Gasteiger charge is 2.09. The van der Waals surface area contributed by atoms with E-state index in [2.05, 4.69) is 29.0 Å². The molecule has 5 heteroatoms. The van der Waals surface area contributed by atoms with Gasteiger partial charge in [0.05, 0.1) is 0 Å². The van der Waals surface area contributed by atoms with Crippen LogP contribution in [0.5, 0.6) is 0 Å². The number of nitrogen functional groups attached to an aromatic ring is 1. The van der Waals surface area contributed by atoms with Crippen LogP contribution in [-0.4, -0.2) is 28.8 Å². The number of aromatic nitrogens is 3. The van der Waals surface area contributed by atoms with Crippen LogP contribution in [0, 0.1) is 5.92 Å². The van der Waals surface area contributed by atoms with Gasteiger partial charge >= 0.3 is 0 Å². The second kappa shape index (κ2) is 4.11. The van der Waals surface area contributed by atoms with Gasteiger partial charge in [0, 0.05) is 13.6 Å². The van der Waals surface area contributed by atoms with Gasteiger partial charge in [-0.2, -0.15) is 4.98 Å². The van der Waals surface area contributed by atoms with Crippen LogP contribution < -0.4 is 10.6 Å². The van der Waals surface area contributed by atoms with Crippen molar-refractivity contribution in [3.05, 3.63) is 0 Å². The lowest BCUT2D eigenvalue weighted by atomic mass is 10.1. The average Bonchev–Trinajstić information content (AvgIpc) is 2.51. The number of aromatic amines is 1. The van der Waals surface area contributed by atoms with E-state index in [1.54, 1.807) is 0 Å². The van der Waals surface area contributed by atoms with Crippen molar-refractivity contribution in [2.45, 2.75) is 20.3 Å². The van der Waals surface area contributed by atoms with Crippen LogP contribution in [-0.2, 0) is 0 Å². The molecule has 0 saturated carbocycles. The fourth-order valence-electron chi connectivity index (χ4n) is 1.11. The van der Waals surface area contributed by atoms with Gasteiger partial charge < -0.3 is 10.6 Å². The van der Waals surface area contributed by atoms with E-state index in [0.29, 0.717) is 17.8 Å². The lowest BCUT2D eigenvalue weighted by molar-refractivity contribution is 0.555. The second-order valence-electron chi connectivity index (χ2n) is 3.41. The number of nitrogens with zero attached hydrogens (tertiary/aromatic N) is 3. The first-order valence-electron chi connectivity index (χ1n) is 4.52. The molecule has 74 valence electrons. The molecule has 13 heavy (non-hydrogen) atoms. The molecule has 1 aromatic heterocycles. The van der Waals surface area contributed by atoms with Gasteiger partial charge in [-0.25, -0.2) is 5.10 Å². The van der Waals surface area contributed by atoms with E-state index in [4.69, 9.17) is 5.73 Å². The summed E-state index contributed by atoms with van der Waals surface area (Å²) in [6.07, 6.45) is 1.16. The molecule has 0 spiro atoms. The quantitative estimate of drug-likeness (QED) is 0.726. The molecule has 0 aliphatic rings. The molecule has 1 rings (SSSR count). The van der Waals surface area contributed by atoms with Gasteiger partial charge in [0.25, 0.3) is 0 Å². The molecule has 0 aromatic carbocycles. The summed E-state index contributed by atoms with van der Waals surface area (Å²) in [5.74, 6) is 1.67. The van der Waals surface area contributed by atoms with E-state index in [1.165, 1.54) is 0 Å². The number of anilines is 2. The molecule has 1 atom stereocenters. The molecule has 1 unspecified atom stereocenters. The van der Waals surface area contributed by atoms with E-state index in [0.717, 1.165) is 13.0 Å². The Bertz CT molecular complexity index is 257. The van der Waals surface area contributed by atoms with Gasteiger partial charge in [-0.1, -0.05) is 20.3 Å². The zero-order valence-electron chi connectivity index (χ0n) is 8.41. The van der Waals surface area contributed by atoms with Gasteiger partial charge in [0.2, 0.25) is 11.9 Å². The van der Waals surface area contributed by atoms with Gasteiger partial charge in [0.1, 0.15) is 0 Å². The number of rotatable bonds is 4. The van der Waals surface area contributed by atoms with Crippen LogP contribution in [0.15, 0.2) is 0 Å². The predicted octanol–water partition coefficient (Wildman–Crippen LogP) is 0.869. The smallest absolute Gasteiger partial charge is 0.246 e. The van der Waals surface area contributed by atoms with Crippen molar-refractivity contribution in [1.29, 1.82) is 0 Å². The summed E-state index contributed by atoms with van der Waals surface area (Å²) < 4.78 is 0.